The molecule has 2 N–H and O–H groups in total. The number of carbonyl (C=O) groups is 1. The number of hydrogen-bond acceptors (Lipinski definition) is 2. The third-order valence-corrected chi connectivity index (χ3v) is 6.05. The molecule has 0 aliphatic heterocycles. The Kier molecular flexibility index (Phi) is 5.07. The van der Waals surface area contributed by atoms with Crippen molar-refractivity contribution in [2.45, 2.75) is 19.0 Å². The summed E-state index contributed by atoms with van der Waals surface area (Å²) in [5, 5.41) is 3.24. The van der Waals surface area contributed by atoms with Crippen LogP contribution in [0.5, 0.6) is 0 Å². The lowest BCUT2D eigenvalue weighted by Gasteiger charge is -2.18. The van der Waals surface area contributed by atoms with Gasteiger partial charge in [0.05, 0.1) is 23.9 Å². The topological polar surface area (TPSA) is 54.1 Å². The molecule has 1 heterocycles. The van der Waals surface area contributed by atoms with Crippen molar-refractivity contribution in [2.24, 2.45) is 0 Å². The highest BCUT2D eigenvalue weighted by molar-refractivity contribution is 5.96. The molecule has 5 rings (SSSR count). The van der Waals surface area contributed by atoms with Crippen molar-refractivity contribution in [3.05, 3.63) is 76.9 Å². The second kappa shape index (κ2) is 7.86. The van der Waals surface area contributed by atoms with Gasteiger partial charge < -0.3 is 9.72 Å². The molecule has 174 valence electrons. The van der Waals surface area contributed by atoms with Crippen LogP contribution in [-0.2, 0) is 23.8 Å². The van der Waals surface area contributed by atoms with Crippen LogP contribution in [0.4, 0.5) is 32.4 Å². The number of anilines is 1. The molecule has 0 bridgehead atoms. The molecule has 1 aliphatic rings. The molecule has 34 heavy (non-hydrogen) atoms. The van der Waals surface area contributed by atoms with Gasteiger partial charge in [0, 0.05) is 22.2 Å². The molecule has 0 unspecified atom stereocenters. The minimum Gasteiger partial charge on any atom is -0.453 e. The molecule has 0 radical (unpaired) electrons. The maximum absolute atomic E-state index is 15.5. The van der Waals surface area contributed by atoms with Crippen LogP contribution in [0, 0.1) is 11.6 Å². The van der Waals surface area contributed by atoms with Gasteiger partial charge in [-0.3, -0.25) is 5.32 Å². The van der Waals surface area contributed by atoms with Crippen molar-refractivity contribution >= 4 is 22.7 Å². The number of alkyl halides is 3. The van der Waals surface area contributed by atoms with Crippen molar-refractivity contribution in [3.8, 4) is 22.4 Å². The van der Waals surface area contributed by atoms with Crippen molar-refractivity contribution in [3.63, 3.8) is 0 Å². The van der Waals surface area contributed by atoms with E-state index in [0.717, 1.165) is 22.8 Å². The third kappa shape index (κ3) is 3.57. The zero-order valence-electron chi connectivity index (χ0n) is 17.7. The maximum atomic E-state index is 15.5. The number of H-pyrrole nitrogens is 1. The van der Waals surface area contributed by atoms with E-state index in [9.17, 15) is 22.4 Å². The molecule has 4 aromatic rings. The van der Waals surface area contributed by atoms with Crippen LogP contribution in [0.3, 0.4) is 0 Å². The van der Waals surface area contributed by atoms with Gasteiger partial charge in [-0.05, 0) is 53.8 Å². The van der Waals surface area contributed by atoms with E-state index in [-0.39, 0.29) is 16.6 Å². The van der Waals surface area contributed by atoms with Crippen LogP contribution in [0.2, 0.25) is 0 Å². The summed E-state index contributed by atoms with van der Waals surface area (Å²) in [6.45, 7) is 0. The summed E-state index contributed by atoms with van der Waals surface area (Å²) in [5.41, 5.74) is 2.57. The van der Waals surface area contributed by atoms with Gasteiger partial charge >= 0.3 is 12.3 Å². The third-order valence-electron chi connectivity index (χ3n) is 6.05. The summed E-state index contributed by atoms with van der Waals surface area (Å²) in [4.78, 5) is 14.6. The molecule has 0 saturated heterocycles. The van der Waals surface area contributed by atoms with Gasteiger partial charge in [-0.25, -0.2) is 13.6 Å². The van der Waals surface area contributed by atoms with E-state index in [2.05, 4.69) is 15.0 Å². The zero-order valence-corrected chi connectivity index (χ0v) is 17.7. The Morgan fingerprint density at radius 2 is 1.76 bits per heavy atom. The molecule has 1 aromatic heterocycles. The number of methoxy groups -OCH3 is 1. The minimum atomic E-state index is -4.89. The number of aromatic amines is 1. The Bertz CT molecular complexity index is 1460. The lowest BCUT2D eigenvalue weighted by atomic mass is 9.88. The first kappa shape index (κ1) is 21.9. The molecule has 0 spiro atoms. The van der Waals surface area contributed by atoms with Gasteiger partial charge in [-0.15, -0.1) is 0 Å². The zero-order chi connectivity index (χ0) is 24.2. The number of aryl methyl sites for hydroxylation is 2. The Morgan fingerprint density at radius 3 is 2.50 bits per heavy atom. The van der Waals surface area contributed by atoms with E-state index in [4.69, 9.17) is 0 Å². The summed E-state index contributed by atoms with van der Waals surface area (Å²) in [6.07, 6.45) is -4.22. The van der Waals surface area contributed by atoms with Crippen LogP contribution in [0.15, 0.2) is 48.5 Å². The molecule has 0 saturated carbocycles. The fraction of sp³-hybridized carbons (Fsp3) is 0.160. The van der Waals surface area contributed by atoms with E-state index in [1.54, 1.807) is 12.1 Å². The molecule has 1 aliphatic carbocycles. The Balaban J connectivity index is 1.60. The average Bonchev–Trinajstić information content (AvgIpc) is 3.19. The first-order valence-corrected chi connectivity index (χ1v) is 10.4. The predicted molar refractivity (Wildman–Crippen MR) is 118 cm³/mol. The first-order chi connectivity index (χ1) is 16.2. The summed E-state index contributed by atoms with van der Waals surface area (Å²) in [7, 11) is 1.27. The van der Waals surface area contributed by atoms with Gasteiger partial charge in [-0.2, -0.15) is 13.2 Å². The largest absolute Gasteiger partial charge is 0.453 e. The normalized spacial score (nSPS) is 12.9. The molecule has 4 nitrogen and oxygen atoms in total. The number of rotatable bonds is 2. The van der Waals surface area contributed by atoms with Crippen LogP contribution < -0.4 is 5.32 Å². The SMILES string of the molecule is COC(=O)Nc1ccc2c(c1)CCc1c-2[nH]c2c(F)c(-c3ccc(F)c(C(F)(F)F)c3)ccc12. The number of carbonyl (C=O) groups excluding carboxylic acids is 1. The highest BCUT2D eigenvalue weighted by Crippen LogP contribution is 2.41. The highest BCUT2D eigenvalue weighted by atomic mass is 19.4. The molecule has 9 heteroatoms. The second-order valence-electron chi connectivity index (χ2n) is 8.01. The van der Waals surface area contributed by atoms with E-state index in [1.807, 2.05) is 12.1 Å². The van der Waals surface area contributed by atoms with E-state index in [1.165, 1.54) is 13.2 Å². The highest BCUT2D eigenvalue weighted by Gasteiger charge is 2.34. The minimum absolute atomic E-state index is 0.0607. The van der Waals surface area contributed by atoms with Crippen LogP contribution >= 0.6 is 0 Å². The molecule has 0 atom stereocenters. The number of amides is 1. The van der Waals surface area contributed by atoms with Gasteiger partial charge in [-0.1, -0.05) is 24.3 Å². The number of benzene rings is 3. The second-order valence-corrected chi connectivity index (χ2v) is 8.01. The van der Waals surface area contributed by atoms with Crippen molar-refractivity contribution in [2.75, 3.05) is 12.4 Å². The quantitative estimate of drug-likeness (QED) is 0.307. The first-order valence-electron chi connectivity index (χ1n) is 10.4. The lowest BCUT2D eigenvalue weighted by molar-refractivity contribution is -0.139. The number of hydrogen-bond donors (Lipinski definition) is 2. The van der Waals surface area contributed by atoms with Crippen molar-refractivity contribution < 1.29 is 31.5 Å². The van der Waals surface area contributed by atoms with E-state index in [0.29, 0.717) is 41.7 Å². The monoisotopic (exact) mass is 472 g/mol. The fourth-order valence-corrected chi connectivity index (χ4v) is 4.46. The number of nitrogens with one attached hydrogen (secondary N) is 2. The van der Waals surface area contributed by atoms with Gasteiger partial charge in [0.25, 0.3) is 0 Å². The molecular weight excluding hydrogens is 455 g/mol. The Hall–Kier alpha value is -3.88. The van der Waals surface area contributed by atoms with Gasteiger partial charge in [0.1, 0.15) is 5.82 Å². The van der Waals surface area contributed by atoms with Crippen molar-refractivity contribution in [1.82, 2.24) is 4.98 Å². The molecular formula is C25H17F5N2O2. The van der Waals surface area contributed by atoms with Crippen LogP contribution in [0.1, 0.15) is 16.7 Å². The number of fused-ring (bicyclic) bond motifs is 5. The smallest absolute Gasteiger partial charge is 0.419 e. The number of ether oxygens (including phenoxy) is 1. The standard InChI is InChI=1S/C25H17F5N2O2/c1-34-24(33)31-14-4-6-16-12(10-14)2-5-17-18-8-7-15(21(27)23(18)32-22(16)17)13-3-9-20(26)19(11-13)25(28,29)30/h3-4,6-11,32H,2,5H2,1H3,(H,31,33). The maximum Gasteiger partial charge on any atom is 0.419 e. The fourth-order valence-electron chi connectivity index (χ4n) is 4.46. The number of halogens is 5. The molecule has 1 amide bonds. The molecule has 0 fully saturated rings. The summed E-state index contributed by atoms with van der Waals surface area (Å²) >= 11 is 0. The lowest BCUT2D eigenvalue weighted by Crippen LogP contribution is -2.12. The van der Waals surface area contributed by atoms with Crippen LogP contribution in [-0.4, -0.2) is 18.2 Å². The summed E-state index contributed by atoms with van der Waals surface area (Å²) < 4.78 is 73.3. The summed E-state index contributed by atoms with van der Waals surface area (Å²) in [6, 6.07) is 10.8. The van der Waals surface area contributed by atoms with E-state index < -0.39 is 29.5 Å². The van der Waals surface area contributed by atoms with Gasteiger partial charge in [0.2, 0.25) is 0 Å². The molecule has 3 aromatic carbocycles. The Labute approximate surface area is 190 Å². The van der Waals surface area contributed by atoms with Crippen molar-refractivity contribution in [1.29, 1.82) is 0 Å². The predicted octanol–water partition coefficient (Wildman–Crippen LogP) is 7.08. The summed E-state index contributed by atoms with van der Waals surface area (Å²) in [5.74, 6) is -2.12. The average molecular weight is 472 g/mol. The number of aromatic nitrogens is 1. The Morgan fingerprint density at radius 1 is 1.00 bits per heavy atom. The van der Waals surface area contributed by atoms with E-state index >= 15 is 4.39 Å². The van der Waals surface area contributed by atoms with Crippen LogP contribution in [0.25, 0.3) is 33.3 Å². The van der Waals surface area contributed by atoms with Gasteiger partial charge in [0.15, 0.2) is 5.82 Å².